The van der Waals surface area contributed by atoms with Gasteiger partial charge in [-0.2, -0.15) is 4.52 Å². The smallest absolute Gasteiger partial charge is 0.277 e. The Morgan fingerprint density at radius 1 is 1.00 bits per heavy atom. The lowest BCUT2D eigenvalue weighted by molar-refractivity contribution is 0.0609. The molecule has 1 saturated heterocycles. The average Bonchev–Trinajstić information content (AvgIpc) is 2.79. The minimum absolute atomic E-state index is 0.0910. The summed E-state index contributed by atoms with van der Waals surface area (Å²) in [6, 6.07) is 7.74. The first-order valence-electron chi connectivity index (χ1n) is 12.3. The van der Waals surface area contributed by atoms with Crippen molar-refractivity contribution < 1.29 is 14.2 Å². The molecule has 2 aromatic heterocycles. The van der Waals surface area contributed by atoms with Crippen LogP contribution in [0.2, 0.25) is 0 Å². The normalized spacial score (nSPS) is 19.0. The Morgan fingerprint density at radius 2 is 1.66 bits per heavy atom. The number of anilines is 1. The highest BCUT2D eigenvalue weighted by Crippen LogP contribution is 2.41. The van der Waals surface area contributed by atoms with Crippen molar-refractivity contribution in [1.29, 1.82) is 0 Å². The number of fused-ring (bicyclic) bond motifs is 2. The van der Waals surface area contributed by atoms with E-state index in [2.05, 4.69) is 15.0 Å². The van der Waals surface area contributed by atoms with Gasteiger partial charge in [0.15, 0.2) is 23.0 Å². The predicted octanol–water partition coefficient (Wildman–Crippen LogP) is -1.33. The van der Waals surface area contributed by atoms with Gasteiger partial charge in [0.05, 0.1) is 10.8 Å². The van der Waals surface area contributed by atoms with E-state index in [4.69, 9.17) is 14.2 Å². The molecule has 1 aromatic carbocycles. The van der Waals surface area contributed by atoms with E-state index in [1.807, 2.05) is 69.5 Å². The summed E-state index contributed by atoms with van der Waals surface area (Å²) in [6.45, 7) is 7.25. The van der Waals surface area contributed by atoms with E-state index in [0.29, 0.717) is 17.0 Å². The van der Waals surface area contributed by atoms with Crippen LogP contribution in [0.15, 0.2) is 29.1 Å². The first kappa shape index (κ1) is 23.7. The maximum absolute atomic E-state index is 12.7. The van der Waals surface area contributed by atoms with Crippen molar-refractivity contribution in [2.24, 2.45) is 0 Å². The van der Waals surface area contributed by atoms with Crippen LogP contribution in [0, 0.1) is 20.8 Å². The van der Waals surface area contributed by atoms with Crippen LogP contribution >= 0.6 is 0 Å². The van der Waals surface area contributed by atoms with Gasteiger partial charge in [0.2, 0.25) is 0 Å². The Hall–Kier alpha value is -3.03. The Bertz CT molecular complexity index is 1370. The zero-order valence-corrected chi connectivity index (χ0v) is 21.6. The number of ether oxygens (including phenoxy) is 3. The van der Waals surface area contributed by atoms with Crippen LogP contribution < -0.4 is 24.7 Å². The molecular formula is C23H30B4N4O4. The molecule has 0 unspecified atom stereocenters. The molecule has 1 fully saturated rings. The molecule has 4 heterocycles. The van der Waals surface area contributed by atoms with Gasteiger partial charge in [-0.25, -0.2) is 4.98 Å². The highest BCUT2D eigenvalue weighted by atomic mass is 16.6. The van der Waals surface area contributed by atoms with E-state index in [9.17, 15) is 4.79 Å². The van der Waals surface area contributed by atoms with Gasteiger partial charge in [0, 0.05) is 43.3 Å². The zero-order valence-electron chi connectivity index (χ0n) is 21.6. The molecule has 12 heteroatoms. The van der Waals surface area contributed by atoms with Gasteiger partial charge < -0.3 is 19.1 Å². The Kier molecular flexibility index (Phi) is 5.60. The third-order valence-corrected chi connectivity index (χ3v) is 7.59. The van der Waals surface area contributed by atoms with Crippen molar-refractivity contribution in [1.82, 2.24) is 14.6 Å². The first-order chi connectivity index (χ1) is 16.4. The molecule has 8 nitrogen and oxygen atoms in total. The summed E-state index contributed by atoms with van der Waals surface area (Å²) in [5.74, 6) is 3.06. The van der Waals surface area contributed by atoms with Crippen molar-refractivity contribution in [2.45, 2.75) is 50.5 Å². The highest BCUT2D eigenvalue weighted by molar-refractivity contribution is 6.53. The highest BCUT2D eigenvalue weighted by Gasteiger charge is 2.44. The number of rotatable bonds is 3. The van der Waals surface area contributed by atoms with E-state index in [1.165, 1.54) is 4.52 Å². The molecule has 0 N–H and O–H groups in total. The Balaban J connectivity index is 1.29. The second-order valence-electron chi connectivity index (χ2n) is 10.7. The van der Waals surface area contributed by atoms with Crippen molar-refractivity contribution in [3.8, 4) is 17.2 Å². The van der Waals surface area contributed by atoms with Gasteiger partial charge in [-0.3, -0.25) is 4.79 Å². The van der Waals surface area contributed by atoms with Crippen molar-refractivity contribution in [3.63, 3.8) is 0 Å². The number of aromatic nitrogens is 3. The van der Waals surface area contributed by atoms with E-state index in [0.717, 1.165) is 54.5 Å². The molecule has 0 saturated carbocycles. The van der Waals surface area contributed by atoms with Crippen molar-refractivity contribution >= 4 is 42.9 Å². The summed E-state index contributed by atoms with van der Waals surface area (Å²) in [7, 11) is 8.15. The number of hydrogen-bond donors (Lipinski definition) is 0. The molecule has 0 aliphatic carbocycles. The van der Waals surface area contributed by atoms with Crippen LogP contribution in [0.3, 0.4) is 0 Å². The van der Waals surface area contributed by atoms with E-state index in [1.54, 1.807) is 6.92 Å². The lowest BCUT2D eigenvalue weighted by Crippen LogP contribution is -2.65. The number of benzene rings is 1. The first-order valence-corrected chi connectivity index (χ1v) is 12.3. The molecule has 5 rings (SSSR count). The third kappa shape index (κ3) is 4.17. The quantitative estimate of drug-likeness (QED) is 0.440. The minimum atomic E-state index is -0.455. The molecule has 35 heavy (non-hydrogen) atoms. The number of piperidine rings is 1. The standard InChI is InChI=1S/C23H30B4N4O4/c1-12-10-19-28-14(3)13(2)21(32)31(19)29-20(12)30-8-6-15(7-9-30)33-16-4-5-17-18(11-16)35-23(26,27)22(24,25)34-17/h4-5,10-11,15H,6-9,24-27H2,1-3H3. The fourth-order valence-corrected chi connectivity index (χ4v) is 4.55. The summed E-state index contributed by atoms with van der Waals surface area (Å²) in [6.07, 6.45) is 1.80. The van der Waals surface area contributed by atoms with Gasteiger partial charge >= 0.3 is 0 Å². The molecule has 0 bridgehead atoms. The van der Waals surface area contributed by atoms with E-state index < -0.39 is 10.8 Å². The molecule has 0 spiro atoms. The fourth-order valence-electron chi connectivity index (χ4n) is 4.55. The largest absolute Gasteiger partial charge is 0.499 e. The molecule has 2 aliphatic rings. The average molecular weight is 470 g/mol. The van der Waals surface area contributed by atoms with Gasteiger partial charge in [-0.05, 0) is 44.5 Å². The van der Waals surface area contributed by atoms with Crippen LogP contribution in [0.1, 0.15) is 29.7 Å². The molecule has 2 aliphatic heterocycles. The lowest BCUT2D eigenvalue weighted by Gasteiger charge is -2.47. The molecule has 3 aromatic rings. The van der Waals surface area contributed by atoms with Crippen LogP contribution in [-0.2, 0) is 0 Å². The molecule has 0 atom stereocenters. The van der Waals surface area contributed by atoms with E-state index >= 15 is 0 Å². The van der Waals surface area contributed by atoms with Gasteiger partial charge in [0.1, 0.15) is 43.2 Å². The second-order valence-corrected chi connectivity index (χ2v) is 10.7. The third-order valence-electron chi connectivity index (χ3n) is 7.59. The zero-order chi connectivity index (χ0) is 25.1. The maximum atomic E-state index is 12.7. The van der Waals surface area contributed by atoms with Crippen molar-refractivity contribution in [2.75, 3.05) is 18.0 Å². The summed E-state index contributed by atoms with van der Waals surface area (Å²) in [5, 5.41) is 3.80. The number of nitrogens with zero attached hydrogens (tertiary/aromatic N) is 4. The summed E-state index contributed by atoms with van der Waals surface area (Å²) in [4.78, 5) is 19.5. The molecule has 0 radical (unpaired) electrons. The molecular weight excluding hydrogens is 440 g/mol. The number of aryl methyl sites for hydroxylation is 2. The van der Waals surface area contributed by atoms with E-state index in [-0.39, 0.29) is 11.7 Å². The predicted molar refractivity (Wildman–Crippen MR) is 147 cm³/mol. The lowest BCUT2D eigenvalue weighted by atomic mass is 9.41. The SMILES string of the molecule is BC1(B)Oc2ccc(OC3CCN(c4nn5c(=O)c(C)c(C)nc5cc4C)CC3)cc2OC1(B)B. The summed E-state index contributed by atoms with van der Waals surface area (Å²) in [5.41, 5.74) is 2.86. The van der Waals surface area contributed by atoms with Crippen LogP contribution in [-0.4, -0.2) is 76.0 Å². The minimum Gasteiger partial charge on any atom is -0.499 e. The molecule has 0 amide bonds. The van der Waals surface area contributed by atoms with Gasteiger partial charge in [-0.15, -0.1) is 5.10 Å². The van der Waals surface area contributed by atoms with Crippen LogP contribution in [0.5, 0.6) is 17.2 Å². The topological polar surface area (TPSA) is 78.2 Å². The fraction of sp³-hybridized carbons (Fsp3) is 0.435. The molecule has 178 valence electrons. The van der Waals surface area contributed by atoms with Crippen LogP contribution in [0.4, 0.5) is 5.82 Å². The Morgan fingerprint density at radius 3 is 2.34 bits per heavy atom. The van der Waals surface area contributed by atoms with Gasteiger partial charge in [-0.1, -0.05) is 0 Å². The second kappa shape index (κ2) is 8.28. The maximum Gasteiger partial charge on any atom is 0.277 e. The van der Waals surface area contributed by atoms with Crippen molar-refractivity contribution in [3.05, 3.63) is 51.4 Å². The Labute approximate surface area is 209 Å². The summed E-state index contributed by atoms with van der Waals surface area (Å²) >= 11 is 0. The monoisotopic (exact) mass is 470 g/mol. The number of hydrogen-bond acceptors (Lipinski definition) is 7. The summed E-state index contributed by atoms with van der Waals surface area (Å²) < 4.78 is 20.2. The van der Waals surface area contributed by atoms with Crippen LogP contribution in [0.25, 0.3) is 5.65 Å². The van der Waals surface area contributed by atoms with Gasteiger partial charge in [0.25, 0.3) is 5.56 Å².